The summed E-state index contributed by atoms with van der Waals surface area (Å²) in [6, 6.07) is 18.0. The van der Waals surface area contributed by atoms with Crippen molar-refractivity contribution in [2.75, 3.05) is 5.32 Å². The molecule has 1 unspecified atom stereocenters. The topological polar surface area (TPSA) is 69.0 Å². The number of hydrogen-bond donors (Lipinski definition) is 1. The van der Waals surface area contributed by atoms with Crippen molar-refractivity contribution in [3.05, 3.63) is 96.1 Å². The third kappa shape index (κ3) is 5.40. The molecule has 4 aromatic rings. The van der Waals surface area contributed by atoms with Gasteiger partial charge in [0.15, 0.2) is 22.5 Å². The number of amides is 1. The number of nitrogens with one attached hydrogen (secondary N) is 1. The number of carbonyl (C=O) groups is 1. The quantitative estimate of drug-likeness (QED) is 0.340. The second-order valence-electron chi connectivity index (χ2n) is 7.16. The van der Waals surface area contributed by atoms with Crippen molar-refractivity contribution in [3.8, 4) is 11.4 Å². The number of ether oxygens (including phenoxy) is 1. The molecule has 1 atom stereocenters. The number of benzene rings is 3. The SMILES string of the molecule is CC(Sc1nnc(COc2ccccc2F)n1-c1ccccc1)C(=O)Nc1cc(F)ccc1F. The molecule has 3 aromatic carbocycles. The van der Waals surface area contributed by atoms with Gasteiger partial charge in [-0.2, -0.15) is 0 Å². The summed E-state index contributed by atoms with van der Waals surface area (Å²) in [6.07, 6.45) is 0. The zero-order valence-corrected chi connectivity index (χ0v) is 18.7. The van der Waals surface area contributed by atoms with Gasteiger partial charge >= 0.3 is 0 Å². The minimum absolute atomic E-state index is 0.0710. The number of aromatic nitrogens is 3. The first-order chi connectivity index (χ1) is 16.4. The van der Waals surface area contributed by atoms with E-state index < -0.39 is 28.6 Å². The molecule has 4 rings (SSSR count). The Balaban J connectivity index is 1.55. The second kappa shape index (κ2) is 10.4. The Kier molecular flexibility index (Phi) is 7.17. The van der Waals surface area contributed by atoms with Crippen LogP contribution in [0.1, 0.15) is 12.7 Å². The first kappa shape index (κ1) is 23.4. The molecule has 10 heteroatoms. The van der Waals surface area contributed by atoms with Crippen LogP contribution in [0.2, 0.25) is 0 Å². The smallest absolute Gasteiger partial charge is 0.237 e. The Labute approximate surface area is 197 Å². The van der Waals surface area contributed by atoms with Crippen molar-refractivity contribution in [1.82, 2.24) is 14.8 Å². The summed E-state index contributed by atoms with van der Waals surface area (Å²) in [5.41, 5.74) is 0.465. The summed E-state index contributed by atoms with van der Waals surface area (Å²) in [4.78, 5) is 12.6. The van der Waals surface area contributed by atoms with Crippen LogP contribution in [0.5, 0.6) is 5.75 Å². The normalized spacial score (nSPS) is 11.8. The predicted octanol–water partition coefficient (Wildman–Crippen LogP) is 5.38. The molecule has 0 bridgehead atoms. The van der Waals surface area contributed by atoms with E-state index in [0.29, 0.717) is 16.7 Å². The Morgan fingerprint density at radius 1 is 1.00 bits per heavy atom. The fourth-order valence-electron chi connectivity index (χ4n) is 3.05. The number of nitrogens with zero attached hydrogens (tertiary/aromatic N) is 3. The van der Waals surface area contributed by atoms with E-state index in [9.17, 15) is 18.0 Å². The number of para-hydroxylation sites is 2. The van der Waals surface area contributed by atoms with Crippen LogP contribution in [0.25, 0.3) is 5.69 Å². The van der Waals surface area contributed by atoms with Crippen molar-refractivity contribution in [2.45, 2.75) is 23.9 Å². The lowest BCUT2D eigenvalue weighted by molar-refractivity contribution is -0.115. The van der Waals surface area contributed by atoms with Crippen LogP contribution in [0.4, 0.5) is 18.9 Å². The van der Waals surface area contributed by atoms with Gasteiger partial charge in [0.2, 0.25) is 5.91 Å². The maximum atomic E-state index is 13.9. The number of hydrogen-bond acceptors (Lipinski definition) is 5. The Hall–Kier alpha value is -3.79. The summed E-state index contributed by atoms with van der Waals surface area (Å²) in [5.74, 6) is -1.99. The highest BCUT2D eigenvalue weighted by Crippen LogP contribution is 2.28. The van der Waals surface area contributed by atoms with Crippen molar-refractivity contribution in [3.63, 3.8) is 0 Å². The molecule has 1 aromatic heterocycles. The van der Waals surface area contributed by atoms with E-state index >= 15 is 0 Å². The number of anilines is 1. The first-order valence-corrected chi connectivity index (χ1v) is 11.1. The minimum atomic E-state index is -0.744. The monoisotopic (exact) mass is 484 g/mol. The summed E-state index contributed by atoms with van der Waals surface area (Å²) in [6.45, 7) is 1.54. The van der Waals surface area contributed by atoms with Crippen molar-refractivity contribution in [1.29, 1.82) is 0 Å². The summed E-state index contributed by atoms with van der Waals surface area (Å²) in [7, 11) is 0. The van der Waals surface area contributed by atoms with E-state index in [0.717, 1.165) is 30.0 Å². The van der Waals surface area contributed by atoms with Gasteiger partial charge in [-0.1, -0.05) is 42.1 Å². The van der Waals surface area contributed by atoms with Crippen molar-refractivity contribution < 1.29 is 22.7 Å². The molecule has 6 nitrogen and oxygen atoms in total. The van der Waals surface area contributed by atoms with Crippen LogP contribution < -0.4 is 10.1 Å². The van der Waals surface area contributed by atoms with E-state index in [2.05, 4.69) is 15.5 Å². The Morgan fingerprint density at radius 3 is 2.50 bits per heavy atom. The number of rotatable bonds is 8. The number of carbonyl (C=O) groups excluding carboxylic acids is 1. The van der Waals surface area contributed by atoms with Crippen molar-refractivity contribution >= 4 is 23.4 Å². The average molecular weight is 485 g/mol. The maximum absolute atomic E-state index is 13.9. The van der Waals surface area contributed by atoms with Crippen LogP contribution in [-0.4, -0.2) is 25.9 Å². The lowest BCUT2D eigenvalue weighted by Gasteiger charge is -2.14. The molecule has 1 N–H and O–H groups in total. The van der Waals surface area contributed by atoms with Gasteiger partial charge in [-0.3, -0.25) is 9.36 Å². The molecule has 0 radical (unpaired) electrons. The molecule has 0 spiro atoms. The van der Waals surface area contributed by atoms with Crippen LogP contribution in [0.3, 0.4) is 0 Å². The van der Waals surface area contributed by atoms with Gasteiger partial charge in [-0.05, 0) is 43.3 Å². The van der Waals surface area contributed by atoms with Crippen LogP contribution in [-0.2, 0) is 11.4 Å². The van der Waals surface area contributed by atoms with E-state index in [1.165, 1.54) is 12.1 Å². The molecular formula is C24H19F3N4O2S. The molecule has 174 valence electrons. The van der Waals surface area contributed by atoms with Gasteiger partial charge in [-0.15, -0.1) is 10.2 Å². The van der Waals surface area contributed by atoms with Gasteiger partial charge in [-0.25, -0.2) is 13.2 Å². The molecule has 0 aliphatic heterocycles. The Morgan fingerprint density at radius 2 is 1.74 bits per heavy atom. The van der Waals surface area contributed by atoms with Crippen molar-refractivity contribution in [2.24, 2.45) is 0 Å². The lowest BCUT2D eigenvalue weighted by Crippen LogP contribution is -2.23. The fraction of sp³-hybridized carbons (Fsp3) is 0.125. The number of halogens is 3. The highest BCUT2D eigenvalue weighted by Gasteiger charge is 2.22. The van der Waals surface area contributed by atoms with E-state index in [1.807, 2.05) is 30.3 Å². The summed E-state index contributed by atoms with van der Waals surface area (Å²) >= 11 is 1.08. The zero-order chi connectivity index (χ0) is 24.1. The third-order valence-electron chi connectivity index (χ3n) is 4.75. The molecule has 34 heavy (non-hydrogen) atoms. The molecule has 0 aliphatic carbocycles. The van der Waals surface area contributed by atoms with E-state index in [4.69, 9.17) is 4.74 Å². The highest BCUT2D eigenvalue weighted by atomic mass is 32.2. The largest absolute Gasteiger partial charge is 0.483 e. The van der Waals surface area contributed by atoms with Crippen LogP contribution in [0.15, 0.2) is 78.0 Å². The highest BCUT2D eigenvalue weighted by molar-refractivity contribution is 8.00. The Bertz CT molecular complexity index is 1300. The van der Waals surface area contributed by atoms with Crippen LogP contribution in [0, 0.1) is 17.5 Å². The standard InChI is InChI=1S/C24H19F3N4O2S/c1-15(23(32)28-20-13-16(25)11-12-18(20)26)34-24-30-29-22(31(24)17-7-3-2-4-8-17)14-33-21-10-6-5-9-19(21)27/h2-13,15H,14H2,1H3,(H,28,32). The van der Waals surface area contributed by atoms with Gasteiger partial charge in [0, 0.05) is 11.8 Å². The molecule has 1 amide bonds. The summed E-state index contributed by atoms with van der Waals surface area (Å²) < 4.78 is 48.6. The van der Waals surface area contributed by atoms with Crippen LogP contribution >= 0.6 is 11.8 Å². The third-order valence-corrected chi connectivity index (χ3v) is 5.79. The van der Waals surface area contributed by atoms with Gasteiger partial charge in [0.25, 0.3) is 0 Å². The summed E-state index contributed by atoms with van der Waals surface area (Å²) in [5, 5.41) is 10.4. The van der Waals surface area contributed by atoms with Gasteiger partial charge < -0.3 is 10.1 Å². The zero-order valence-electron chi connectivity index (χ0n) is 17.9. The van der Waals surface area contributed by atoms with Gasteiger partial charge in [0.05, 0.1) is 10.9 Å². The first-order valence-electron chi connectivity index (χ1n) is 10.2. The average Bonchev–Trinajstić information content (AvgIpc) is 3.23. The predicted molar refractivity (Wildman–Crippen MR) is 122 cm³/mol. The molecule has 0 aliphatic rings. The molecule has 0 saturated carbocycles. The van der Waals surface area contributed by atoms with E-state index in [1.54, 1.807) is 23.6 Å². The molecular weight excluding hydrogens is 465 g/mol. The molecule has 0 fully saturated rings. The van der Waals surface area contributed by atoms with Gasteiger partial charge in [0.1, 0.15) is 18.2 Å². The maximum Gasteiger partial charge on any atom is 0.237 e. The lowest BCUT2D eigenvalue weighted by atomic mass is 10.3. The molecule has 1 heterocycles. The molecule has 0 saturated heterocycles. The minimum Gasteiger partial charge on any atom is -0.483 e. The van der Waals surface area contributed by atoms with E-state index in [-0.39, 0.29) is 18.0 Å². The number of thioether (sulfide) groups is 1. The fourth-order valence-corrected chi connectivity index (χ4v) is 3.94. The second-order valence-corrected chi connectivity index (χ2v) is 8.47.